The van der Waals surface area contributed by atoms with Crippen LogP contribution in [0.3, 0.4) is 0 Å². The first-order valence-electron chi connectivity index (χ1n) is 7.79. The number of nitrogens with two attached hydrogens (primary N) is 1. The van der Waals surface area contributed by atoms with Crippen molar-refractivity contribution in [2.24, 2.45) is 5.73 Å². The van der Waals surface area contributed by atoms with Gasteiger partial charge >= 0.3 is 5.97 Å². The molecule has 1 fully saturated rings. The number of methoxy groups -OCH3 is 1. The normalized spacial score (nSPS) is 16.1. The minimum Gasteiger partial charge on any atom is -0.465 e. The van der Waals surface area contributed by atoms with Gasteiger partial charge in [-0.05, 0) is 37.0 Å². The maximum absolute atomic E-state index is 12.2. The van der Waals surface area contributed by atoms with Crippen molar-refractivity contribution < 1.29 is 14.3 Å². The van der Waals surface area contributed by atoms with Crippen LogP contribution in [0.1, 0.15) is 48.0 Å². The van der Waals surface area contributed by atoms with Gasteiger partial charge in [-0.15, -0.1) is 12.4 Å². The average molecular weight is 341 g/mol. The van der Waals surface area contributed by atoms with Gasteiger partial charge in [0.2, 0.25) is 5.91 Å². The molecule has 1 aliphatic rings. The molecule has 0 atom stereocenters. The van der Waals surface area contributed by atoms with E-state index in [0.717, 1.165) is 31.2 Å². The molecule has 0 radical (unpaired) electrons. The van der Waals surface area contributed by atoms with Gasteiger partial charge in [-0.3, -0.25) is 4.79 Å². The molecule has 2 rings (SSSR count). The van der Waals surface area contributed by atoms with Gasteiger partial charge in [0.05, 0.1) is 18.2 Å². The van der Waals surface area contributed by atoms with Crippen LogP contribution in [-0.4, -0.2) is 31.1 Å². The van der Waals surface area contributed by atoms with Crippen LogP contribution < -0.4 is 11.1 Å². The van der Waals surface area contributed by atoms with Gasteiger partial charge in [-0.25, -0.2) is 4.79 Å². The van der Waals surface area contributed by atoms with Crippen molar-refractivity contribution >= 4 is 24.3 Å². The molecule has 23 heavy (non-hydrogen) atoms. The first-order valence-corrected chi connectivity index (χ1v) is 7.79. The Kier molecular flexibility index (Phi) is 7.52. The van der Waals surface area contributed by atoms with Crippen molar-refractivity contribution in [1.29, 1.82) is 0 Å². The standard InChI is InChI=1S/C17H24N2O3.ClH/c1-22-15(20)14-7-5-13(6-8-14)9-12-19-16(21)17(18)10-3-2-4-11-17;/h5-8H,2-4,9-12,18H2,1H3,(H,19,21);1H. The Bertz CT molecular complexity index is 525. The molecular weight excluding hydrogens is 316 g/mol. The Labute approximate surface area is 143 Å². The molecule has 5 nitrogen and oxygen atoms in total. The van der Waals surface area contributed by atoms with Crippen molar-refractivity contribution in [3.05, 3.63) is 35.4 Å². The van der Waals surface area contributed by atoms with Crippen LogP contribution in [0.15, 0.2) is 24.3 Å². The lowest BCUT2D eigenvalue weighted by Crippen LogP contribution is -2.55. The Morgan fingerprint density at radius 3 is 2.35 bits per heavy atom. The van der Waals surface area contributed by atoms with Crippen molar-refractivity contribution in [3.8, 4) is 0 Å². The van der Waals surface area contributed by atoms with Crippen LogP contribution >= 0.6 is 12.4 Å². The van der Waals surface area contributed by atoms with Crippen LogP contribution in [0.25, 0.3) is 0 Å². The highest BCUT2D eigenvalue weighted by Crippen LogP contribution is 2.25. The Morgan fingerprint density at radius 1 is 1.17 bits per heavy atom. The average Bonchev–Trinajstić information content (AvgIpc) is 2.55. The summed E-state index contributed by atoms with van der Waals surface area (Å²) in [6, 6.07) is 7.21. The first-order chi connectivity index (χ1) is 10.5. The van der Waals surface area contributed by atoms with Gasteiger partial charge in [-0.1, -0.05) is 31.4 Å². The number of rotatable bonds is 5. The number of benzene rings is 1. The molecule has 0 unspecified atom stereocenters. The molecule has 6 heteroatoms. The molecule has 1 aliphatic carbocycles. The molecule has 0 heterocycles. The number of nitrogens with one attached hydrogen (secondary N) is 1. The lowest BCUT2D eigenvalue weighted by Gasteiger charge is -2.31. The quantitative estimate of drug-likeness (QED) is 0.805. The highest BCUT2D eigenvalue weighted by atomic mass is 35.5. The third-order valence-corrected chi connectivity index (χ3v) is 4.27. The van der Waals surface area contributed by atoms with Gasteiger partial charge in [0.1, 0.15) is 0 Å². The summed E-state index contributed by atoms with van der Waals surface area (Å²) >= 11 is 0. The zero-order valence-corrected chi connectivity index (χ0v) is 14.3. The SMILES string of the molecule is COC(=O)c1ccc(CCNC(=O)C2(N)CCCCC2)cc1.Cl. The topological polar surface area (TPSA) is 81.4 Å². The van der Waals surface area contributed by atoms with Crippen molar-refractivity contribution in [3.63, 3.8) is 0 Å². The predicted octanol–water partition coefficient (Wildman–Crippen LogP) is 2.22. The Morgan fingerprint density at radius 2 is 1.78 bits per heavy atom. The number of ether oxygens (including phenoxy) is 1. The van der Waals surface area contributed by atoms with E-state index in [0.29, 0.717) is 18.5 Å². The maximum Gasteiger partial charge on any atom is 0.337 e. The van der Waals surface area contributed by atoms with Crippen molar-refractivity contribution in [1.82, 2.24) is 5.32 Å². The van der Waals surface area contributed by atoms with Crippen LogP contribution in [0.5, 0.6) is 0 Å². The maximum atomic E-state index is 12.2. The summed E-state index contributed by atoms with van der Waals surface area (Å²) in [7, 11) is 1.36. The fourth-order valence-corrected chi connectivity index (χ4v) is 2.83. The predicted molar refractivity (Wildman–Crippen MR) is 91.7 cm³/mol. The van der Waals surface area contributed by atoms with Gasteiger partial charge < -0.3 is 15.8 Å². The molecular formula is C17H25ClN2O3. The lowest BCUT2D eigenvalue weighted by molar-refractivity contribution is -0.127. The van der Waals surface area contributed by atoms with E-state index in [1.807, 2.05) is 12.1 Å². The number of carbonyl (C=O) groups excluding carboxylic acids is 2. The zero-order chi connectivity index (χ0) is 16.0. The largest absolute Gasteiger partial charge is 0.465 e. The first kappa shape index (κ1) is 19.5. The summed E-state index contributed by atoms with van der Waals surface area (Å²) in [5, 5.41) is 2.93. The molecule has 0 saturated heterocycles. The smallest absolute Gasteiger partial charge is 0.337 e. The second-order valence-electron chi connectivity index (χ2n) is 5.91. The van der Waals surface area contributed by atoms with Crippen LogP contribution in [-0.2, 0) is 16.0 Å². The third kappa shape index (κ3) is 5.22. The second-order valence-corrected chi connectivity index (χ2v) is 5.91. The molecule has 0 aromatic heterocycles. The highest BCUT2D eigenvalue weighted by Gasteiger charge is 2.34. The molecule has 128 valence electrons. The summed E-state index contributed by atoms with van der Waals surface area (Å²) in [6.45, 7) is 0.551. The van der Waals surface area contributed by atoms with Crippen LogP contribution in [0, 0.1) is 0 Å². The van der Waals surface area contributed by atoms with E-state index in [4.69, 9.17) is 5.73 Å². The number of esters is 1. The van der Waals surface area contributed by atoms with Gasteiger partial charge in [-0.2, -0.15) is 0 Å². The van der Waals surface area contributed by atoms with Crippen LogP contribution in [0.2, 0.25) is 0 Å². The molecule has 3 N–H and O–H groups in total. The van der Waals surface area contributed by atoms with Crippen molar-refractivity contribution in [2.75, 3.05) is 13.7 Å². The monoisotopic (exact) mass is 340 g/mol. The molecule has 0 spiro atoms. The number of hydrogen-bond donors (Lipinski definition) is 2. The van der Waals surface area contributed by atoms with Gasteiger partial charge in [0.25, 0.3) is 0 Å². The van der Waals surface area contributed by atoms with Gasteiger partial charge in [0, 0.05) is 6.54 Å². The summed E-state index contributed by atoms with van der Waals surface area (Å²) in [6.07, 6.45) is 5.47. The number of halogens is 1. The van der Waals surface area contributed by atoms with E-state index in [1.54, 1.807) is 12.1 Å². The third-order valence-electron chi connectivity index (χ3n) is 4.27. The number of hydrogen-bond acceptors (Lipinski definition) is 4. The van der Waals surface area contributed by atoms with Gasteiger partial charge in [0.15, 0.2) is 0 Å². The minimum absolute atomic E-state index is 0. The molecule has 1 saturated carbocycles. The van der Waals surface area contributed by atoms with E-state index >= 15 is 0 Å². The summed E-state index contributed by atoms with van der Waals surface area (Å²) in [4.78, 5) is 23.5. The number of carbonyl (C=O) groups is 2. The minimum atomic E-state index is -0.688. The van der Waals surface area contributed by atoms with E-state index in [9.17, 15) is 9.59 Å². The molecule has 0 bridgehead atoms. The fraction of sp³-hybridized carbons (Fsp3) is 0.529. The second kappa shape index (κ2) is 8.89. The summed E-state index contributed by atoms with van der Waals surface area (Å²) in [5.41, 5.74) is 7.08. The van der Waals surface area contributed by atoms with Crippen molar-refractivity contribution in [2.45, 2.75) is 44.1 Å². The molecule has 1 aromatic rings. The summed E-state index contributed by atoms with van der Waals surface area (Å²) in [5.74, 6) is -0.388. The molecule has 1 amide bonds. The van der Waals surface area contributed by atoms with E-state index in [1.165, 1.54) is 13.5 Å². The Hall–Kier alpha value is -1.59. The molecule has 0 aliphatic heterocycles. The lowest BCUT2D eigenvalue weighted by atomic mass is 9.82. The van der Waals surface area contributed by atoms with E-state index in [2.05, 4.69) is 10.1 Å². The zero-order valence-electron chi connectivity index (χ0n) is 13.5. The number of amides is 1. The Balaban J connectivity index is 0.00000264. The highest BCUT2D eigenvalue weighted by molar-refractivity contribution is 5.89. The molecule has 1 aromatic carbocycles. The summed E-state index contributed by atoms with van der Waals surface area (Å²) < 4.78 is 4.66. The fourth-order valence-electron chi connectivity index (χ4n) is 2.83. The van der Waals surface area contributed by atoms with E-state index < -0.39 is 5.54 Å². The van der Waals surface area contributed by atoms with Crippen LogP contribution in [0.4, 0.5) is 0 Å². The van der Waals surface area contributed by atoms with E-state index in [-0.39, 0.29) is 24.3 Å².